The molecule has 1 aromatic heterocycles. The summed E-state index contributed by atoms with van der Waals surface area (Å²) in [6.07, 6.45) is 2.09. The van der Waals surface area contributed by atoms with E-state index in [1.165, 1.54) is 12.1 Å². The molecular formula is C15H20N2O3. The van der Waals surface area contributed by atoms with Gasteiger partial charge in [0.25, 0.3) is 5.91 Å². The molecule has 108 valence electrons. The summed E-state index contributed by atoms with van der Waals surface area (Å²) in [6, 6.07) is 3.29. The minimum absolute atomic E-state index is 0.0961. The molecule has 1 aliphatic carbocycles. The van der Waals surface area contributed by atoms with Gasteiger partial charge in [0.1, 0.15) is 5.69 Å². The summed E-state index contributed by atoms with van der Waals surface area (Å²) in [4.78, 5) is 29.5. The van der Waals surface area contributed by atoms with Crippen molar-refractivity contribution in [1.82, 2.24) is 9.88 Å². The molecule has 5 nitrogen and oxygen atoms in total. The number of rotatable bonds is 5. The maximum absolute atomic E-state index is 12.5. The number of pyridine rings is 1. The minimum Gasteiger partial charge on any atom is -0.478 e. The van der Waals surface area contributed by atoms with Crippen LogP contribution in [0.3, 0.4) is 0 Å². The van der Waals surface area contributed by atoms with Crippen molar-refractivity contribution in [1.29, 1.82) is 0 Å². The zero-order chi connectivity index (χ0) is 14.9. The second kappa shape index (κ2) is 5.61. The standard InChI is InChI=1S/C15H20N2O3/c1-9(2)8-17(11-4-5-11)14(18)13-7-6-12(15(19)20)10(3)16-13/h6-7,9,11H,4-5,8H2,1-3H3,(H,19,20). The van der Waals surface area contributed by atoms with Crippen LogP contribution in [0.2, 0.25) is 0 Å². The molecule has 1 aromatic rings. The topological polar surface area (TPSA) is 70.5 Å². The lowest BCUT2D eigenvalue weighted by Crippen LogP contribution is -2.36. The Morgan fingerprint density at radius 2 is 2.05 bits per heavy atom. The second-order valence-electron chi connectivity index (χ2n) is 5.72. The highest BCUT2D eigenvalue weighted by atomic mass is 16.4. The van der Waals surface area contributed by atoms with E-state index in [1.807, 2.05) is 4.90 Å². The molecule has 1 saturated carbocycles. The van der Waals surface area contributed by atoms with Gasteiger partial charge in [0.05, 0.1) is 11.3 Å². The summed E-state index contributed by atoms with van der Waals surface area (Å²) >= 11 is 0. The molecule has 0 unspecified atom stereocenters. The maximum Gasteiger partial charge on any atom is 0.337 e. The van der Waals surface area contributed by atoms with E-state index in [0.717, 1.165) is 12.8 Å². The zero-order valence-corrected chi connectivity index (χ0v) is 12.1. The van der Waals surface area contributed by atoms with Crippen molar-refractivity contribution >= 4 is 11.9 Å². The van der Waals surface area contributed by atoms with Gasteiger partial charge in [0, 0.05) is 12.6 Å². The third kappa shape index (κ3) is 3.15. The van der Waals surface area contributed by atoms with Crippen molar-refractivity contribution in [3.8, 4) is 0 Å². The van der Waals surface area contributed by atoms with Crippen molar-refractivity contribution in [2.75, 3.05) is 6.54 Å². The SMILES string of the molecule is Cc1nc(C(=O)N(CC(C)C)C2CC2)ccc1C(=O)O. The van der Waals surface area contributed by atoms with E-state index in [9.17, 15) is 9.59 Å². The quantitative estimate of drug-likeness (QED) is 0.896. The van der Waals surface area contributed by atoms with E-state index >= 15 is 0 Å². The molecule has 0 saturated heterocycles. The van der Waals surface area contributed by atoms with E-state index in [4.69, 9.17) is 5.11 Å². The van der Waals surface area contributed by atoms with Gasteiger partial charge in [-0.2, -0.15) is 0 Å². The van der Waals surface area contributed by atoms with Gasteiger partial charge in [-0.3, -0.25) is 4.79 Å². The van der Waals surface area contributed by atoms with E-state index in [1.54, 1.807) is 6.92 Å². The van der Waals surface area contributed by atoms with Crippen molar-refractivity contribution in [2.24, 2.45) is 5.92 Å². The molecule has 0 aliphatic heterocycles. The van der Waals surface area contributed by atoms with E-state index in [-0.39, 0.29) is 11.5 Å². The first-order chi connectivity index (χ1) is 9.40. The molecule has 1 aliphatic rings. The number of aromatic carboxylic acids is 1. The molecule has 1 fully saturated rings. The fourth-order valence-corrected chi connectivity index (χ4v) is 2.23. The number of carboxylic acid groups (broad SMARTS) is 1. The average molecular weight is 276 g/mol. The molecule has 2 rings (SSSR count). The summed E-state index contributed by atoms with van der Waals surface area (Å²) in [6.45, 7) is 6.48. The van der Waals surface area contributed by atoms with Crippen molar-refractivity contribution in [3.63, 3.8) is 0 Å². The fraction of sp³-hybridized carbons (Fsp3) is 0.533. The highest BCUT2D eigenvalue weighted by Gasteiger charge is 2.34. The summed E-state index contributed by atoms with van der Waals surface area (Å²) in [5.74, 6) is -0.713. The second-order valence-corrected chi connectivity index (χ2v) is 5.72. The largest absolute Gasteiger partial charge is 0.478 e. The molecule has 0 spiro atoms. The van der Waals surface area contributed by atoms with Gasteiger partial charge in [-0.15, -0.1) is 0 Å². The summed E-state index contributed by atoms with van der Waals surface area (Å²) in [5.41, 5.74) is 0.854. The predicted molar refractivity (Wildman–Crippen MR) is 74.8 cm³/mol. The third-order valence-corrected chi connectivity index (χ3v) is 3.35. The number of carbonyl (C=O) groups is 2. The van der Waals surface area contributed by atoms with Gasteiger partial charge < -0.3 is 10.0 Å². The first-order valence-electron chi connectivity index (χ1n) is 6.92. The number of aromatic nitrogens is 1. The molecule has 1 heterocycles. The number of nitrogens with zero attached hydrogens (tertiary/aromatic N) is 2. The molecule has 0 atom stereocenters. The Morgan fingerprint density at radius 3 is 2.50 bits per heavy atom. The van der Waals surface area contributed by atoms with Gasteiger partial charge in [0.15, 0.2) is 0 Å². The van der Waals surface area contributed by atoms with Crippen LogP contribution in [0, 0.1) is 12.8 Å². The maximum atomic E-state index is 12.5. The Hall–Kier alpha value is -1.91. The smallest absolute Gasteiger partial charge is 0.337 e. The van der Waals surface area contributed by atoms with Crippen molar-refractivity contribution in [3.05, 3.63) is 29.1 Å². The molecular weight excluding hydrogens is 256 g/mol. The summed E-state index contributed by atoms with van der Waals surface area (Å²) < 4.78 is 0. The lowest BCUT2D eigenvalue weighted by Gasteiger charge is -2.24. The predicted octanol–water partition coefficient (Wildman–Crippen LogP) is 2.35. The zero-order valence-electron chi connectivity index (χ0n) is 12.1. The number of hydrogen-bond acceptors (Lipinski definition) is 3. The van der Waals surface area contributed by atoms with Gasteiger partial charge in [-0.25, -0.2) is 9.78 Å². The van der Waals surface area contributed by atoms with Crippen LogP contribution in [0.1, 0.15) is 53.2 Å². The van der Waals surface area contributed by atoms with Crippen LogP contribution in [-0.4, -0.2) is 39.5 Å². The van der Waals surface area contributed by atoms with Crippen LogP contribution in [-0.2, 0) is 0 Å². The van der Waals surface area contributed by atoms with Crippen molar-refractivity contribution in [2.45, 2.75) is 39.7 Å². The van der Waals surface area contributed by atoms with E-state index < -0.39 is 5.97 Å². The number of carboxylic acids is 1. The molecule has 1 amide bonds. The Bertz CT molecular complexity index is 536. The Labute approximate surface area is 118 Å². The third-order valence-electron chi connectivity index (χ3n) is 3.35. The monoisotopic (exact) mass is 276 g/mol. The molecule has 0 bridgehead atoms. The van der Waals surface area contributed by atoms with Crippen LogP contribution in [0.4, 0.5) is 0 Å². The molecule has 5 heteroatoms. The van der Waals surface area contributed by atoms with Crippen LogP contribution < -0.4 is 0 Å². The minimum atomic E-state index is -1.02. The molecule has 20 heavy (non-hydrogen) atoms. The first-order valence-corrected chi connectivity index (χ1v) is 6.92. The van der Waals surface area contributed by atoms with Crippen LogP contribution in [0.25, 0.3) is 0 Å². The number of aryl methyl sites for hydroxylation is 1. The van der Waals surface area contributed by atoms with Gasteiger partial charge in [0.2, 0.25) is 0 Å². The molecule has 0 radical (unpaired) electrons. The Kier molecular flexibility index (Phi) is 4.06. The number of carbonyl (C=O) groups excluding carboxylic acids is 1. The highest BCUT2D eigenvalue weighted by molar-refractivity contribution is 5.94. The van der Waals surface area contributed by atoms with E-state index in [2.05, 4.69) is 18.8 Å². The number of hydrogen-bond donors (Lipinski definition) is 1. The number of amides is 1. The lowest BCUT2D eigenvalue weighted by atomic mass is 10.1. The molecule has 1 N–H and O–H groups in total. The van der Waals surface area contributed by atoms with Crippen LogP contribution in [0.15, 0.2) is 12.1 Å². The highest BCUT2D eigenvalue weighted by Crippen LogP contribution is 2.28. The first kappa shape index (κ1) is 14.5. The van der Waals surface area contributed by atoms with Gasteiger partial charge in [-0.05, 0) is 37.8 Å². The Morgan fingerprint density at radius 1 is 1.40 bits per heavy atom. The van der Waals surface area contributed by atoms with Crippen LogP contribution >= 0.6 is 0 Å². The fourth-order valence-electron chi connectivity index (χ4n) is 2.23. The Balaban J connectivity index is 2.23. The van der Waals surface area contributed by atoms with E-state index in [0.29, 0.717) is 29.9 Å². The lowest BCUT2D eigenvalue weighted by molar-refractivity contribution is 0.0687. The normalized spacial score (nSPS) is 14.4. The average Bonchev–Trinajstić information content (AvgIpc) is 3.18. The van der Waals surface area contributed by atoms with Gasteiger partial charge >= 0.3 is 5.97 Å². The van der Waals surface area contributed by atoms with Crippen molar-refractivity contribution < 1.29 is 14.7 Å². The van der Waals surface area contributed by atoms with Crippen LogP contribution in [0.5, 0.6) is 0 Å². The summed E-state index contributed by atoms with van der Waals surface area (Å²) in [5, 5.41) is 8.99. The summed E-state index contributed by atoms with van der Waals surface area (Å²) in [7, 11) is 0. The van der Waals surface area contributed by atoms with Gasteiger partial charge in [-0.1, -0.05) is 13.8 Å². The molecule has 0 aromatic carbocycles.